The maximum Gasteiger partial charge on any atom is 0.294 e. The van der Waals surface area contributed by atoms with Gasteiger partial charge in [-0.2, -0.15) is 9.90 Å². The Hall–Kier alpha value is -3.55. The summed E-state index contributed by atoms with van der Waals surface area (Å²) in [5, 5.41) is 11.6. The van der Waals surface area contributed by atoms with Crippen LogP contribution in [0.2, 0.25) is 0 Å². The molecular formula is C20H20N6O2. The van der Waals surface area contributed by atoms with Gasteiger partial charge in [-0.3, -0.25) is 14.6 Å². The van der Waals surface area contributed by atoms with E-state index in [-0.39, 0.29) is 17.5 Å². The van der Waals surface area contributed by atoms with Crippen LogP contribution in [-0.2, 0) is 0 Å². The summed E-state index contributed by atoms with van der Waals surface area (Å²) >= 11 is 0. The van der Waals surface area contributed by atoms with Crippen LogP contribution in [0, 0.1) is 13.8 Å². The zero-order chi connectivity index (χ0) is 19.7. The van der Waals surface area contributed by atoms with Crippen molar-refractivity contribution in [1.29, 1.82) is 0 Å². The van der Waals surface area contributed by atoms with E-state index in [1.807, 2.05) is 37.3 Å². The molecule has 8 nitrogen and oxygen atoms in total. The second-order valence-electron chi connectivity index (χ2n) is 6.66. The monoisotopic (exact) mass is 376 g/mol. The molecule has 2 aromatic heterocycles. The van der Waals surface area contributed by atoms with Crippen molar-refractivity contribution >= 4 is 11.8 Å². The maximum atomic E-state index is 13.1. The van der Waals surface area contributed by atoms with Gasteiger partial charge in [0.15, 0.2) is 5.69 Å². The standard InChI is InChI=1S/C20H20N6O2/c1-14-9-10-16(13-21-14)19(27)24-11-6-12-25(24)20(28)18-15(2)22-26(23-18)17-7-4-3-5-8-17/h3-5,7-10,13H,6,11-12H2,1-2H3. The minimum Gasteiger partial charge on any atom is -0.267 e. The number of carbonyl (C=O) groups excluding carboxylic acids is 2. The summed E-state index contributed by atoms with van der Waals surface area (Å²) < 4.78 is 0. The molecule has 28 heavy (non-hydrogen) atoms. The van der Waals surface area contributed by atoms with Gasteiger partial charge < -0.3 is 0 Å². The average molecular weight is 376 g/mol. The number of para-hydroxylation sites is 1. The van der Waals surface area contributed by atoms with Gasteiger partial charge in [-0.1, -0.05) is 18.2 Å². The van der Waals surface area contributed by atoms with Crippen molar-refractivity contribution in [1.82, 2.24) is 30.0 Å². The van der Waals surface area contributed by atoms with Gasteiger partial charge in [0.05, 0.1) is 16.9 Å². The lowest BCUT2D eigenvalue weighted by atomic mass is 10.2. The summed E-state index contributed by atoms with van der Waals surface area (Å²) in [5.74, 6) is -0.572. The van der Waals surface area contributed by atoms with Crippen LogP contribution in [0.15, 0.2) is 48.7 Å². The Bertz CT molecular complexity index is 1010. The number of nitrogens with zero attached hydrogens (tertiary/aromatic N) is 6. The van der Waals surface area contributed by atoms with Crippen LogP contribution in [0.5, 0.6) is 0 Å². The van der Waals surface area contributed by atoms with Gasteiger partial charge in [-0.25, -0.2) is 10.0 Å². The van der Waals surface area contributed by atoms with E-state index < -0.39 is 0 Å². The molecule has 1 fully saturated rings. The number of rotatable bonds is 3. The molecule has 0 bridgehead atoms. The van der Waals surface area contributed by atoms with Crippen molar-refractivity contribution < 1.29 is 9.59 Å². The molecule has 1 aliphatic heterocycles. The van der Waals surface area contributed by atoms with E-state index in [0.717, 1.165) is 11.4 Å². The van der Waals surface area contributed by atoms with Crippen LogP contribution in [0.4, 0.5) is 0 Å². The zero-order valence-corrected chi connectivity index (χ0v) is 15.7. The fourth-order valence-electron chi connectivity index (χ4n) is 3.15. The summed E-state index contributed by atoms with van der Waals surface area (Å²) in [6.07, 6.45) is 2.25. The van der Waals surface area contributed by atoms with E-state index in [1.165, 1.54) is 21.0 Å². The smallest absolute Gasteiger partial charge is 0.267 e. The average Bonchev–Trinajstić information content (AvgIpc) is 3.35. The molecule has 0 atom stereocenters. The number of hydrazine groups is 1. The van der Waals surface area contributed by atoms with Crippen molar-refractivity contribution in [2.75, 3.05) is 13.1 Å². The lowest BCUT2D eigenvalue weighted by Crippen LogP contribution is -2.45. The van der Waals surface area contributed by atoms with Gasteiger partial charge in [0.1, 0.15) is 0 Å². The van der Waals surface area contributed by atoms with Gasteiger partial charge in [-0.05, 0) is 44.5 Å². The first kappa shape index (κ1) is 17.8. The normalized spacial score (nSPS) is 13.8. The molecule has 2 amide bonds. The number of amides is 2. The Balaban J connectivity index is 1.60. The van der Waals surface area contributed by atoms with Crippen LogP contribution < -0.4 is 0 Å². The third-order valence-corrected chi connectivity index (χ3v) is 4.63. The van der Waals surface area contributed by atoms with E-state index in [2.05, 4.69) is 15.2 Å². The largest absolute Gasteiger partial charge is 0.294 e. The van der Waals surface area contributed by atoms with Crippen molar-refractivity contribution in [3.8, 4) is 5.69 Å². The number of aromatic nitrogens is 4. The molecule has 4 rings (SSSR count). The number of hydrogen-bond donors (Lipinski definition) is 0. The van der Waals surface area contributed by atoms with E-state index in [9.17, 15) is 9.59 Å². The summed E-state index contributed by atoms with van der Waals surface area (Å²) in [5.41, 5.74) is 2.81. The van der Waals surface area contributed by atoms with E-state index in [1.54, 1.807) is 19.1 Å². The van der Waals surface area contributed by atoms with E-state index in [0.29, 0.717) is 30.8 Å². The highest BCUT2D eigenvalue weighted by molar-refractivity contribution is 5.98. The predicted octanol–water partition coefficient (Wildman–Crippen LogP) is 2.18. The number of pyridine rings is 1. The molecule has 1 aromatic carbocycles. The Morgan fingerprint density at radius 1 is 0.893 bits per heavy atom. The summed E-state index contributed by atoms with van der Waals surface area (Å²) in [6.45, 7) is 4.54. The topological polar surface area (TPSA) is 84.2 Å². The van der Waals surface area contributed by atoms with Gasteiger partial charge in [0.2, 0.25) is 0 Å². The highest BCUT2D eigenvalue weighted by Crippen LogP contribution is 2.19. The van der Waals surface area contributed by atoms with E-state index in [4.69, 9.17) is 0 Å². The fourth-order valence-corrected chi connectivity index (χ4v) is 3.15. The van der Waals surface area contributed by atoms with Crippen molar-refractivity contribution in [2.45, 2.75) is 20.3 Å². The van der Waals surface area contributed by atoms with Crippen LogP contribution in [-0.4, -0.2) is 54.9 Å². The van der Waals surface area contributed by atoms with Crippen LogP contribution in [0.3, 0.4) is 0 Å². The second-order valence-corrected chi connectivity index (χ2v) is 6.66. The predicted molar refractivity (Wildman–Crippen MR) is 102 cm³/mol. The molecule has 0 aliphatic carbocycles. The van der Waals surface area contributed by atoms with Crippen LogP contribution >= 0.6 is 0 Å². The zero-order valence-electron chi connectivity index (χ0n) is 15.7. The van der Waals surface area contributed by atoms with Gasteiger partial charge in [-0.15, -0.1) is 5.10 Å². The molecule has 0 spiro atoms. The van der Waals surface area contributed by atoms with Crippen LogP contribution in [0.25, 0.3) is 5.69 Å². The third kappa shape index (κ3) is 3.24. The molecule has 8 heteroatoms. The van der Waals surface area contributed by atoms with Gasteiger partial charge in [0, 0.05) is 25.0 Å². The lowest BCUT2D eigenvalue weighted by molar-refractivity contribution is 0.0181. The fraction of sp³-hybridized carbons (Fsp3) is 0.250. The number of carbonyl (C=O) groups is 2. The van der Waals surface area contributed by atoms with Crippen molar-refractivity contribution in [3.05, 3.63) is 71.3 Å². The summed E-state index contributed by atoms with van der Waals surface area (Å²) in [6, 6.07) is 12.9. The van der Waals surface area contributed by atoms with Gasteiger partial charge in [0.25, 0.3) is 11.8 Å². The van der Waals surface area contributed by atoms with Crippen LogP contribution in [0.1, 0.15) is 38.7 Å². The first-order valence-corrected chi connectivity index (χ1v) is 9.10. The molecular weight excluding hydrogens is 356 g/mol. The quantitative estimate of drug-likeness (QED) is 0.700. The third-order valence-electron chi connectivity index (χ3n) is 4.63. The maximum absolute atomic E-state index is 13.1. The Morgan fingerprint density at radius 3 is 2.29 bits per heavy atom. The molecule has 142 valence electrons. The minimum absolute atomic E-state index is 0.241. The molecule has 3 aromatic rings. The van der Waals surface area contributed by atoms with Crippen molar-refractivity contribution in [2.24, 2.45) is 0 Å². The second kappa shape index (κ2) is 7.22. The first-order valence-electron chi connectivity index (χ1n) is 9.10. The molecule has 1 saturated heterocycles. The molecule has 1 aliphatic rings. The SMILES string of the molecule is Cc1ccc(C(=O)N2CCCN2C(=O)c2nn(-c3ccccc3)nc2C)cn1. The molecule has 0 radical (unpaired) electrons. The number of hydrogen-bond acceptors (Lipinski definition) is 5. The molecule has 3 heterocycles. The lowest BCUT2D eigenvalue weighted by Gasteiger charge is -2.27. The number of benzene rings is 1. The Labute approximate surface area is 162 Å². The Morgan fingerprint density at radius 2 is 1.61 bits per heavy atom. The molecule has 0 unspecified atom stereocenters. The summed E-state index contributed by atoms with van der Waals surface area (Å²) in [4.78, 5) is 31.6. The first-order chi connectivity index (χ1) is 13.5. The minimum atomic E-state index is -0.328. The number of aryl methyl sites for hydroxylation is 2. The highest BCUT2D eigenvalue weighted by atomic mass is 16.2. The van der Waals surface area contributed by atoms with Crippen molar-refractivity contribution in [3.63, 3.8) is 0 Å². The van der Waals surface area contributed by atoms with Gasteiger partial charge >= 0.3 is 0 Å². The van der Waals surface area contributed by atoms with E-state index >= 15 is 0 Å². The Kier molecular flexibility index (Phi) is 4.60. The summed E-state index contributed by atoms with van der Waals surface area (Å²) in [7, 11) is 0. The highest BCUT2D eigenvalue weighted by Gasteiger charge is 2.34. The molecule has 0 saturated carbocycles. The molecule has 0 N–H and O–H groups in total.